The molecule has 0 aromatic carbocycles. The van der Waals surface area contributed by atoms with Crippen LogP contribution >= 0.6 is 15.9 Å². The Balaban J connectivity index is 2.68. The molecule has 0 atom stereocenters. The molecular formula is C10H5BrF3N3O2. The molecule has 2 heterocycles. The minimum absolute atomic E-state index is 0.130. The molecular weight excluding hydrogens is 331 g/mol. The van der Waals surface area contributed by atoms with Crippen LogP contribution in [0.25, 0.3) is 5.82 Å². The van der Waals surface area contributed by atoms with E-state index in [1.807, 2.05) is 0 Å². The quantitative estimate of drug-likeness (QED) is 0.857. The summed E-state index contributed by atoms with van der Waals surface area (Å²) in [4.78, 5) is 14.6. The minimum Gasteiger partial charge on any atom is -0.478 e. The lowest BCUT2D eigenvalue weighted by molar-refractivity contribution is -0.143. The molecule has 0 unspecified atom stereocenters. The van der Waals surface area contributed by atoms with Gasteiger partial charge in [0, 0.05) is 0 Å². The predicted octanol–water partition coefficient (Wildman–Crippen LogP) is 2.75. The van der Waals surface area contributed by atoms with Crippen LogP contribution < -0.4 is 0 Å². The van der Waals surface area contributed by atoms with Crippen LogP contribution in [0.15, 0.2) is 29.0 Å². The van der Waals surface area contributed by atoms with Crippen LogP contribution in [0.3, 0.4) is 0 Å². The zero-order valence-electron chi connectivity index (χ0n) is 9.02. The van der Waals surface area contributed by atoms with Crippen molar-refractivity contribution in [3.8, 4) is 5.82 Å². The second-order valence-electron chi connectivity index (χ2n) is 3.44. The van der Waals surface area contributed by atoms with Gasteiger partial charge in [0.15, 0.2) is 11.5 Å². The summed E-state index contributed by atoms with van der Waals surface area (Å²) in [5.74, 6) is -1.83. The van der Waals surface area contributed by atoms with Gasteiger partial charge in [0.25, 0.3) is 0 Å². The molecule has 0 saturated heterocycles. The maximum Gasteiger partial charge on any atom is 0.434 e. The highest BCUT2D eigenvalue weighted by molar-refractivity contribution is 9.10. The molecule has 2 aromatic rings. The van der Waals surface area contributed by atoms with E-state index in [-0.39, 0.29) is 5.82 Å². The summed E-state index contributed by atoms with van der Waals surface area (Å²) in [5.41, 5.74) is -2.29. The molecule has 2 rings (SSSR count). The molecule has 0 aliphatic rings. The molecule has 0 aliphatic heterocycles. The summed E-state index contributed by atoms with van der Waals surface area (Å²) in [6, 6.07) is 4.28. The number of halogens is 4. The van der Waals surface area contributed by atoms with Crippen molar-refractivity contribution >= 4 is 21.9 Å². The van der Waals surface area contributed by atoms with Crippen LogP contribution in [0.4, 0.5) is 13.2 Å². The first kappa shape index (κ1) is 13.5. The van der Waals surface area contributed by atoms with E-state index in [2.05, 4.69) is 26.0 Å². The van der Waals surface area contributed by atoms with Gasteiger partial charge in [-0.25, -0.2) is 14.5 Å². The van der Waals surface area contributed by atoms with Gasteiger partial charge >= 0.3 is 12.1 Å². The van der Waals surface area contributed by atoms with E-state index in [1.54, 1.807) is 0 Å². The highest BCUT2D eigenvalue weighted by Gasteiger charge is 2.40. The average molecular weight is 336 g/mol. The molecule has 0 fully saturated rings. The standard InChI is InChI=1S/C10H5BrF3N3O2/c11-6-2-1-3-7(16-6)17-8(10(12,13)14)5(4-15-17)9(18)19/h1-4H,(H,18,19). The molecule has 9 heteroatoms. The van der Waals surface area contributed by atoms with E-state index >= 15 is 0 Å². The van der Waals surface area contributed by atoms with E-state index in [0.29, 0.717) is 15.5 Å². The maximum absolute atomic E-state index is 12.9. The molecule has 0 spiro atoms. The fraction of sp³-hybridized carbons (Fsp3) is 0.100. The van der Waals surface area contributed by atoms with Gasteiger partial charge in [-0.2, -0.15) is 18.3 Å². The topological polar surface area (TPSA) is 68.0 Å². The van der Waals surface area contributed by atoms with E-state index < -0.39 is 23.4 Å². The Morgan fingerprint density at radius 3 is 2.58 bits per heavy atom. The first-order valence-electron chi connectivity index (χ1n) is 4.82. The Morgan fingerprint density at radius 2 is 2.05 bits per heavy atom. The van der Waals surface area contributed by atoms with Gasteiger partial charge in [0.2, 0.25) is 0 Å². The van der Waals surface area contributed by atoms with Crippen LogP contribution in [0.5, 0.6) is 0 Å². The van der Waals surface area contributed by atoms with Gasteiger partial charge in [0.1, 0.15) is 10.2 Å². The minimum atomic E-state index is -4.85. The summed E-state index contributed by atoms with van der Waals surface area (Å²) < 4.78 is 39.5. The maximum atomic E-state index is 12.9. The average Bonchev–Trinajstić information content (AvgIpc) is 2.73. The van der Waals surface area contributed by atoms with Crippen molar-refractivity contribution in [2.24, 2.45) is 0 Å². The molecule has 0 aliphatic carbocycles. The number of aromatic nitrogens is 3. The predicted molar refractivity (Wildman–Crippen MR) is 61.0 cm³/mol. The summed E-state index contributed by atoms with van der Waals surface area (Å²) in [7, 11) is 0. The summed E-state index contributed by atoms with van der Waals surface area (Å²) in [5, 5.41) is 12.2. The van der Waals surface area contributed by atoms with Crippen molar-refractivity contribution in [3.05, 3.63) is 40.3 Å². The largest absolute Gasteiger partial charge is 0.478 e. The lowest BCUT2D eigenvalue weighted by Gasteiger charge is -2.10. The number of alkyl halides is 3. The molecule has 0 saturated carbocycles. The number of aromatic carboxylic acids is 1. The molecule has 2 aromatic heterocycles. The fourth-order valence-corrected chi connectivity index (χ4v) is 1.80. The first-order chi connectivity index (χ1) is 8.80. The Hall–Kier alpha value is -1.90. The zero-order chi connectivity index (χ0) is 14.2. The normalized spacial score (nSPS) is 11.6. The Kier molecular flexibility index (Phi) is 3.31. The van der Waals surface area contributed by atoms with Crippen molar-refractivity contribution in [1.29, 1.82) is 0 Å². The van der Waals surface area contributed by atoms with Crippen molar-refractivity contribution in [1.82, 2.24) is 14.8 Å². The van der Waals surface area contributed by atoms with E-state index in [4.69, 9.17) is 5.11 Å². The van der Waals surface area contributed by atoms with Gasteiger partial charge in [-0.05, 0) is 28.1 Å². The van der Waals surface area contributed by atoms with Crippen LogP contribution in [-0.4, -0.2) is 25.8 Å². The molecule has 0 radical (unpaired) electrons. The highest BCUT2D eigenvalue weighted by atomic mass is 79.9. The second-order valence-corrected chi connectivity index (χ2v) is 4.25. The van der Waals surface area contributed by atoms with Gasteiger partial charge in [-0.15, -0.1) is 0 Å². The van der Waals surface area contributed by atoms with Gasteiger partial charge in [-0.1, -0.05) is 6.07 Å². The summed E-state index contributed by atoms with van der Waals surface area (Å²) in [6.45, 7) is 0. The second kappa shape index (κ2) is 4.65. The van der Waals surface area contributed by atoms with Crippen LogP contribution in [0.2, 0.25) is 0 Å². The monoisotopic (exact) mass is 335 g/mol. The van der Waals surface area contributed by atoms with Crippen molar-refractivity contribution in [3.63, 3.8) is 0 Å². The molecule has 19 heavy (non-hydrogen) atoms. The van der Waals surface area contributed by atoms with Crippen molar-refractivity contribution in [2.75, 3.05) is 0 Å². The lowest BCUT2D eigenvalue weighted by atomic mass is 10.2. The molecule has 5 nitrogen and oxygen atoms in total. The fourth-order valence-electron chi connectivity index (χ4n) is 1.47. The van der Waals surface area contributed by atoms with Gasteiger partial charge in [0.05, 0.1) is 6.20 Å². The number of hydrogen-bond donors (Lipinski definition) is 1. The number of rotatable bonds is 2. The van der Waals surface area contributed by atoms with Gasteiger partial charge in [-0.3, -0.25) is 0 Å². The Bertz CT molecular complexity index is 639. The van der Waals surface area contributed by atoms with Crippen molar-refractivity contribution in [2.45, 2.75) is 6.18 Å². The third-order valence-electron chi connectivity index (χ3n) is 2.19. The number of carboxylic acid groups (broad SMARTS) is 1. The number of nitrogens with zero attached hydrogens (tertiary/aromatic N) is 3. The smallest absolute Gasteiger partial charge is 0.434 e. The van der Waals surface area contributed by atoms with Crippen molar-refractivity contribution < 1.29 is 23.1 Å². The first-order valence-corrected chi connectivity index (χ1v) is 5.61. The summed E-state index contributed by atoms with van der Waals surface area (Å²) in [6.07, 6.45) is -4.21. The number of hydrogen-bond acceptors (Lipinski definition) is 3. The Labute approximate surface area is 112 Å². The molecule has 0 bridgehead atoms. The molecule has 0 amide bonds. The third-order valence-corrected chi connectivity index (χ3v) is 2.63. The highest BCUT2D eigenvalue weighted by Crippen LogP contribution is 2.33. The molecule has 100 valence electrons. The van der Waals surface area contributed by atoms with Crippen LogP contribution in [0, 0.1) is 0 Å². The number of carbonyl (C=O) groups is 1. The van der Waals surface area contributed by atoms with Gasteiger partial charge < -0.3 is 5.11 Å². The van der Waals surface area contributed by atoms with E-state index in [1.165, 1.54) is 18.2 Å². The SMILES string of the molecule is O=C(O)c1cnn(-c2cccc(Br)n2)c1C(F)(F)F. The molecule has 1 N–H and O–H groups in total. The van der Waals surface area contributed by atoms with E-state index in [0.717, 1.165) is 0 Å². The lowest BCUT2D eigenvalue weighted by Crippen LogP contribution is -2.18. The zero-order valence-corrected chi connectivity index (χ0v) is 10.6. The third kappa shape index (κ3) is 2.60. The number of carboxylic acids is 1. The van der Waals surface area contributed by atoms with Crippen LogP contribution in [-0.2, 0) is 6.18 Å². The Morgan fingerprint density at radius 1 is 1.37 bits per heavy atom. The van der Waals surface area contributed by atoms with E-state index in [9.17, 15) is 18.0 Å². The summed E-state index contributed by atoms with van der Waals surface area (Å²) >= 11 is 3.02. The van der Waals surface area contributed by atoms with Crippen LogP contribution in [0.1, 0.15) is 16.1 Å². The number of pyridine rings is 1.